The second kappa shape index (κ2) is 5.55. The molecule has 0 aromatic heterocycles. The third-order valence-electron chi connectivity index (χ3n) is 3.16. The van der Waals surface area contributed by atoms with E-state index in [1.165, 1.54) is 0 Å². The molecule has 0 saturated carbocycles. The molecule has 0 aliphatic heterocycles. The molecule has 0 radical (unpaired) electrons. The second-order valence-electron chi connectivity index (χ2n) is 4.84. The van der Waals surface area contributed by atoms with Crippen molar-refractivity contribution in [3.8, 4) is 0 Å². The van der Waals surface area contributed by atoms with Crippen molar-refractivity contribution >= 4 is 28.9 Å². The molecule has 0 aliphatic carbocycles. The van der Waals surface area contributed by atoms with Crippen molar-refractivity contribution in [1.82, 2.24) is 0 Å². The Kier molecular flexibility index (Phi) is 4.00. The Bertz CT molecular complexity index is 647. The zero-order valence-corrected chi connectivity index (χ0v) is 12.4. The first kappa shape index (κ1) is 14.4. The van der Waals surface area contributed by atoms with Gasteiger partial charge in [0.25, 0.3) is 0 Å². The lowest BCUT2D eigenvalue weighted by Crippen LogP contribution is -2.14. The number of rotatable bonds is 3. The highest BCUT2D eigenvalue weighted by molar-refractivity contribution is 6.34. The Hall–Kier alpha value is -2.00. The van der Waals surface area contributed by atoms with Crippen molar-refractivity contribution in [3.05, 3.63) is 58.1 Å². The summed E-state index contributed by atoms with van der Waals surface area (Å²) >= 11 is 6.01. The van der Waals surface area contributed by atoms with Gasteiger partial charge in [-0.2, -0.15) is 0 Å². The Morgan fingerprint density at radius 1 is 1.15 bits per heavy atom. The van der Waals surface area contributed by atoms with Crippen molar-refractivity contribution in [2.45, 2.75) is 13.8 Å². The fraction of sp³-hybridized carbons (Fsp3) is 0.188. The molecule has 3 nitrogen and oxygen atoms in total. The molecule has 0 saturated heterocycles. The van der Waals surface area contributed by atoms with Crippen LogP contribution >= 0.6 is 11.6 Å². The molecule has 0 unspecified atom stereocenters. The van der Waals surface area contributed by atoms with Gasteiger partial charge in [-0.15, -0.1) is 0 Å². The number of hydrogen-bond donors (Lipinski definition) is 1. The lowest BCUT2D eigenvalue weighted by atomic mass is 10.1. The van der Waals surface area contributed by atoms with Crippen LogP contribution in [0.5, 0.6) is 0 Å². The molecule has 0 heterocycles. The summed E-state index contributed by atoms with van der Waals surface area (Å²) in [5.41, 5.74) is 3.90. The van der Waals surface area contributed by atoms with Gasteiger partial charge < -0.3 is 10.0 Å². The zero-order chi connectivity index (χ0) is 14.9. The zero-order valence-electron chi connectivity index (χ0n) is 11.6. The lowest BCUT2D eigenvalue weighted by molar-refractivity contribution is 0.0698. The normalized spacial score (nSPS) is 10.4. The predicted octanol–water partition coefficient (Wildman–Crippen LogP) is 4.42. The van der Waals surface area contributed by atoms with E-state index >= 15 is 0 Å². The van der Waals surface area contributed by atoms with Crippen LogP contribution in [0.2, 0.25) is 5.02 Å². The highest BCUT2D eigenvalue weighted by Crippen LogP contribution is 2.32. The van der Waals surface area contributed by atoms with E-state index in [1.807, 2.05) is 37.9 Å². The molecule has 0 bridgehead atoms. The maximum absolute atomic E-state index is 11.4. The molecule has 0 spiro atoms. The monoisotopic (exact) mass is 289 g/mol. The van der Waals surface area contributed by atoms with E-state index in [0.717, 1.165) is 16.8 Å². The summed E-state index contributed by atoms with van der Waals surface area (Å²) in [5, 5.41) is 9.58. The van der Waals surface area contributed by atoms with Crippen molar-refractivity contribution in [3.63, 3.8) is 0 Å². The van der Waals surface area contributed by atoms with E-state index in [0.29, 0.717) is 5.69 Å². The molecule has 0 atom stereocenters. The highest BCUT2D eigenvalue weighted by Gasteiger charge is 2.18. The fourth-order valence-corrected chi connectivity index (χ4v) is 2.54. The van der Waals surface area contributed by atoms with Gasteiger partial charge in [-0.1, -0.05) is 23.7 Å². The minimum Gasteiger partial charge on any atom is -0.478 e. The number of aromatic carboxylic acids is 1. The Balaban J connectivity index is 2.56. The van der Waals surface area contributed by atoms with Crippen LogP contribution in [-0.4, -0.2) is 18.1 Å². The summed E-state index contributed by atoms with van der Waals surface area (Å²) in [4.78, 5) is 13.2. The van der Waals surface area contributed by atoms with Crippen LogP contribution in [-0.2, 0) is 0 Å². The summed E-state index contributed by atoms with van der Waals surface area (Å²) < 4.78 is 0. The smallest absolute Gasteiger partial charge is 0.339 e. The third-order valence-corrected chi connectivity index (χ3v) is 3.48. The number of nitrogens with zero attached hydrogens (tertiary/aromatic N) is 1. The fourth-order valence-electron chi connectivity index (χ4n) is 2.29. The lowest BCUT2D eigenvalue weighted by Gasteiger charge is -2.23. The van der Waals surface area contributed by atoms with E-state index in [1.54, 1.807) is 18.2 Å². The van der Waals surface area contributed by atoms with E-state index in [9.17, 15) is 9.90 Å². The van der Waals surface area contributed by atoms with E-state index in [4.69, 9.17) is 11.6 Å². The number of carboxylic acid groups (broad SMARTS) is 1. The summed E-state index contributed by atoms with van der Waals surface area (Å²) in [6.07, 6.45) is 0. The molecule has 0 amide bonds. The number of anilines is 2. The molecule has 0 fully saturated rings. The van der Waals surface area contributed by atoms with Crippen LogP contribution in [0.25, 0.3) is 0 Å². The van der Waals surface area contributed by atoms with Crippen molar-refractivity contribution in [2.75, 3.05) is 11.9 Å². The number of carbonyl (C=O) groups is 1. The molecule has 2 aromatic rings. The van der Waals surface area contributed by atoms with Gasteiger partial charge in [-0.3, -0.25) is 0 Å². The Morgan fingerprint density at radius 2 is 1.75 bits per heavy atom. The average Bonchev–Trinajstić information content (AvgIpc) is 2.35. The van der Waals surface area contributed by atoms with Gasteiger partial charge in [-0.25, -0.2) is 4.79 Å². The summed E-state index contributed by atoms with van der Waals surface area (Å²) in [7, 11) is 1.84. The van der Waals surface area contributed by atoms with Crippen molar-refractivity contribution in [1.29, 1.82) is 0 Å². The Labute approximate surface area is 123 Å². The van der Waals surface area contributed by atoms with Gasteiger partial charge in [-0.05, 0) is 49.2 Å². The van der Waals surface area contributed by atoms with Crippen molar-refractivity contribution in [2.24, 2.45) is 0 Å². The summed E-state index contributed by atoms with van der Waals surface area (Å²) in [5.74, 6) is -1.03. The summed E-state index contributed by atoms with van der Waals surface area (Å²) in [6, 6.07) is 11.2. The van der Waals surface area contributed by atoms with E-state index in [-0.39, 0.29) is 10.6 Å². The maximum Gasteiger partial charge on any atom is 0.339 e. The standard InChI is InChI=1S/C16H16ClNO2/c1-10-7-11(2)9-12(8-10)18(3)14-6-4-5-13(17)15(14)16(19)20/h4-9H,1-3H3,(H,19,20). The minimum atomic E-state index is -1.03. The van der Waals surface area contributed by atoms with Crippen LogP contribution in [0.15, 0.2) is 36.4 Å². The SMILES string of the molecule is Cc1cc(C)cc(N(C)c2cccc(Cl)c2C(=O)O)c1. The molecule has 20 heavy (non-hydrogen) atoms. The van der Waals surface area contributed by atoms with Gasteiger partial charge in [0.15, 0.2) is 0 Å². The molecule has 104 valence electrons. The first-order valence-electron chi connectivity index (χ1n) is 6.24. The van der Waals surface area contributed by atoms with Crippen LogP contribution in [0, 0.1) is 13.8 Å². The largest absolute Gasteiger partial charge is 0.478 e. The molecular weight excluding hydrogens is 274 g/mol. The van der Waals surface area contributed by atoms with Gasteiger partial charge in [0.1, 0.15) is 5.56 Å². The summed E-state index contributed by atoms with van der Waals surface area (Å²) in [6.45, 7) is 4.03. The Morgan fingerprint density at radius 3 is 2.30 bits per heavy atom. The van der Waals surface area contributed by atoms with Gasteiger partial charge >= 0.3 is 5.97 Å². The van der Waals surface area contributed by atoms with E-state index in [2.05, 4.69) is 6.07 Å². The molecule has 2 aromatic carbocycles. The van der Waals surface area contributed by atoms with Crippen LogP contribution in [0.1, 0.15) is 21.5 Å². The maximum atomic E-state index is 11.4. The number of aryl methyl sites for hydroxylation is 2. The number of benzene rings is 2. The predicted molar refractivity (Wildman–Crippen MR) is 82.4 cm³/mol. The third kappa shape index (κ3) is 2.78. The highest BCUT2D eigenvalue weighted by atomic mass is 35.5. The topological polar surface area (TPSA) is 40.5 Å². The van der Waals surface area contributed by atoms with Gasteiger partial charge in [0, 0.05) is 12.7 Å². The van der Waals surface area contributed by atoms with Crippen LogP contribution in [0.3, 0.4) is 0 Å². The second-order valence-corrected chi connectivity index (χ2v) is 5.25. The number of carboxylic acids is 1. The molecule has 2 rings (SSSR count). The molecule has 1 N–H and O–H groups in total. The first-order chi connectivity index (χ1) is 9.40. The van der Waals surface area contributed by atoms with Crippen LogP contribution in [0.4, 0.5) is 11.4 Å². The van der Waals surface area contributed by atoms with Gasteiger partial charge in [0.2, 0.25) is 0 Å². The number of hydrogen-bond acceptors (Lipinski definition) is 2. The van der Waals surface area contributed by atoms with Crippen LogP contribution < -0.4 is 4.90 Å². The molecule has 0 aliphatic rings. The minimum absolute atomic E-state index is 0.121. The first-order valence-corrected chi connectivity index (χ1v) is 6.62. The molecular formula is C16H16ClNO2. The number of halogens is 1. The average molecular weight is 290 g/mol. The van der Waals surface area contributed by atoms with E-state index < -0.39 is 5.97 Å². The van der Waals surface area contributed by atoms with Gasteiger partial charge in [0.05, 0.1) is 10.7 Å². The quantitative estimate of drug-likeness (QED) is 0.909. The molecule has 4 heteroatoms. The van der Waals surface area contributed by atoms with Crippen molar-refractivity contribution < 1.29 is 9.90 Å².